The first-order valence-electron chi connectivity index (χ1n) is 20.5. The summed E-state index contributed by atoms with van der Waals surface area (Å²) in [4.78, 5) is 25.5. The first-order chi connectivity index (χ1) is 23.7. The highest BCUT2D eigenvalue weighted by Crippen LogP contribution is 2.15. The highest BCUT2D eigenvalue weighted by molar-refractivity contribution is 5.99. The number of ether oxygens (including phenoxy) is 2. The molecule has 0 unspecified atom stereocenters. The molecule has 0 saturated carbocycles. The average Bonchev–Trinajstić information content (AvgIpc) is 3.10. The van der Waals surface area contributed by atoms with Crippen molar-refractivity contribution in [2.45, 2.75) is 194 Å². The smallest absolute Gasteiger partial charge is 0.338 e. The predicted octanol–water partition coefficient (Wildman–Crippen LogP) is 13.7. The van der Waals surface area contributed by atoms with Gasteiger partial charge in [0, 0.05) is 6.08 Å². The van der Waals surface area contributed by atoms with Gasteiger partial charge in [0.15, 0.2) is 0 Å². The second-order valence-corrected chi connectivity index (χ2v) is 13.8. The zero-order chi connectivity index (χ0) is 34.6. The molecule has 1 aromatic carbocycles. The molecule has 0 amide bonds. The molecule has 1 aromatic rings. The lowest BCUT2D eigenvalue weighted by Crippen LogP contribution is -2.11. The van der Waals surface area contributed by atoms with E-state index in [1.807, 2.05) is 36.4 Å². The van der Waals surface area contributed by atoms with Crippen LogP contribution >= 0.6 is 0 Å². The SMILES string of the molecule is CCCCCCCCCCCCCCCCOC(=O)C=C(C=Cc1ccccc1)C(=O)OCCCCCCCCCCCCCCCC. The van der Waals surface area contributed by atoms with Gasteiger partial charge in [-0.3, -0.25) is 0 Å². The molecule has 0 aliphatic rings. The van der Waals surface area contributed by atoms with Gasteiger partial charge in [-0.05, 0) is 24.5 Å². The second kappa shape index (κ2) is 34.5. The lowest BCUT2D eigenvalue weighted by molar-refractivity contribution is -0.141. The zero-order valence-electron chi connectivity index (χ0n) is 31.5. The summed E-state index contributed by atoms with van der Waals surface area (Å²) in [6, 6.07) is 9.76. The van der Waals surface area contributed by atoms with E-state index in [0.29, 0.717) is 13.2 Å². The van der Waals surface area contributed by atoms with Crippen LogP contribution in [-0.4, -0.2) is 25.2 Å². The van der Waals surface area contributed by atoms with Gasteiger partial charge in [0.05, 0.1) is 18.8 Å². The van der Waals surface area contributed by atoms with Crippen molar-refractivity contribution >= 4 is 18.0 Å². The molecule has 4 heteroatoms. The van der Waals surface area contributed by atoms with Crippen LogP contribution in [0.1, 0.15) is 199 Å². The van der Waals surface area contributed by atoms with Gasteiger partial charge in [-0.25, -0.2) is 9.59 Å². The molecule has 1 rings (SSSR count). The molecule has 0 heterocycles. The number of hydrogen-bond acceptors (Lipinski definition) is 4. The van der Waals surface area contributed by atoms with E-state index < -0.39 is 11.9 Å². The number of hydrogen-bond donors (Lipinski definition) is 0. The van der Waals surface area contributed by atoms with Crippen molar-refractivity contribution in [3.8, 4) is 0 Å². The summed E-state index contributed by atoms with van der Waals surface area (Å²) < 4.78 is 11.0. The third-order valence-corrected chi connectivity index (χ3v) is 9.24. The molecule has 0 spiro atoms. The van der Waals surface area contributed by atoms with E-state index in [0.717, 1.165) is 31.2 Å². The maximum Gasteiger partial charge on any atom is 0.338 e. The number of carbonyl (C=O) groups excluding carboxylic acids is 2. The van der Waals surface area contributed by atoms with Gasteiger partial charge >= 0.3 is 11.9 Å². The van der Waals surface area contributed by atoms with Crippen LogP contribution in [-0.2, 0) is 19.1 Å². The minimum atomic E-state index is -0.481. The van der Waals surface area contributed by atoms with Crippen LogP contribution in [0.3, 0.4) is 0 Å². The summed E-state index contributed by atoms with van der Waals surface area (Å²) in [6.07, 6.45) is 40.9. The van der Waals surface area contributed by atoms with E-state index in [2.05, 4.69) is 13.8 Å². The molecule has 0 fully saturated rings. The Morgan fingerprint density at radius 2 is 0.833 bits per heavy atom. The molecule has 274 valence electrons. The van der Waals surface area contributed by atoms with Crippen molar-refractivity contribution in [3.63, 3.8) is 0 Å². The number of rotatable bonds is 34. The van der Waals surface area contributed by atoms with Gasteiger partial charge in [0.2, 0.25) is 0 Å². The van der Waals surface area contributed by atoms with Crippen molar-refractivity contribution in [1.82, 2.24) is 0 Å². The number of carbonyl (C=O) groups is 2. The van der Waals surface area contributed by atoms with Crippen molar-refractivity contribution < 1.29 is 19.1 Å². The Bertz CT molecular complexity index is 919. The fourth-order valence-corrected chi connectivity index (χ4v) is 6.11. The van der Waals surface area contributed by atoms with Gasteiger partial charge < -0.3 is 9.47 Å². The predicted molar refractivity (Wildman–Crippen MR) is 206 cm³/mol. The Morgan fingerprint density at radius 3 is 1.23 bits per heavy atom. The summed E-state index contributed by atoms with van der Waals surface area (Å²) in [5, 5.41) is 0. The molecule has 0 bridgehead atoms. The second-order valence-electron chi connectivity index (χ2n) is 13.8. The third kappa shape index (κ3) is 28.6. The van der Waals surface area contributed by atoms with Crippen molar-refractivity contribution in [2.75, 3.05) is 13.2 Å². The van der Waals surface area contributed by atoms with E-state index in [9.17, 15) is 9.59 Å². The van der Waals surface area contributed by atoms with E-state index in [-0.39, 0.29) is 5.57 Å². The minimum Gasteiger partial charge on any atom is -0.463 e. The minimum absolute atomic E-state index is 0.232. The summed E-state index contributed by atoms with van der Waals surface area (Å²) in [6.45, 7) is 5.31. The largest absolute Gasteiger partial charge is 0.463 e. The summed E-state index contributed by atoms with van der Waals surface area (Å²) >= 11 is 0. The monoisotopic (exact) mass is 667 g/mol. The van der Waals surface area contributed by atoms with Gasteiger partial charge in [-0.1, -0.05) is 217 Å². The van der Waals surface area contributed by atoms with Crippen LogP contribution in [0, 0.1) is 0 Å². The molecule has 0 atom stereocenters. The Hall–Kier alpha value is -2.36. The average molecular weight is 667 g/mol. The quantitative estimate of drug-likeness (QED) is 0.0318. The van der Waals surface area contributed by atoms with Gasteiger partial charge in [0.1, 0.15) is 0 Å². The fourth-order valence-electron chi connectivity index (χ4n) is 6.11. The summed E-state index contributed by atoms with van der Waals surface area (Å²) in [7, 11) is 0. The fraction of sp³-hybridized carbons (Fsp3) is 0.727. The Balaban J connectivity index is 2.22. The highest BCUT2D eigenvalue weighted by atomic mass is 16.5. The van der Waals surface area contributed by atoms with Crippen LogP contribution in [0.5, 0.6) is 0 Å². The standard InChI is InChI=1S/C44H74O4/c1-3-5-7-9-11-13-15-17-19-21-23-25-27-32-38-47-43(45)40-42(37-36-41-34-30-29-31-35-41)44(46)48-39-33-28-26-24-22-20-18-16-14-12-10-8-6-4-2/h29-31,34-37,40H,3-28,32-33,38-39H2,1-2H3. The molecule has 0 aliphatic carbocycles. The van der Waals surface area contributed by atoms with Crippen molar-refractivity contribution in [1.29, 1.82) is 0 Å². The molecule has 0 N–H and O–H groups in total. The lowest BCUT2D eigenvalue weighted by atomic mass is 10.0. The van der Waals surface area contributed by atoms with Crippen LogP contribution < -0.4 is 0 Å². The summed E-state index contributed by atoms with van der Waals surface area (Å²) in [5.41, 5.74) is 1.19. The number of benzene rings is 1. The van der Waals surface area contributed by atoms with E-state index >= 15 is 0 Å². The molecular formula is C44H74O4. The Morgan fingerprint density at radius 1 is 0.479 bits per heavy atom. The van der Waals surface area contributed by atoms with Crippen molar-refractivity contribution in [3.05, 3.63) is 53.6 Å². The van der Waals surface area contributed by atoms with Gasteiger partial charge in [-0.2, -0.15) is 0 Å². The maximum absolute atomic E-state index is 12.9. The van der Waals surface area contributed by atoms with E-state index in [1.54, 1.807) is 6.08 Å². The van der Waals surface area contributed by atoms with Crippen molar-refractivity contribution in [2.24, 2.45) is 0 Å². The van der Waals surface area contributed by atoms with Crippen LogP contribution in [0.4, 0.5) is 0 Å². The van der Waals surface area contributed by atoms with Crippen LogP contribution in [0.15, 0.2) is 48.1 Å². The van der Waals surface area contributed by atoms with Crippen LogP contribution in [0.25, 0.3) is 6.08 Å². The van der Waals surface area contributed by atoms with E-state index in [1.165, 1.54) is 160 Å². The molecular weight excluding hydrogens is 592 g/mol. The molecule has 0 saturated heterocycles. The number of esters is 2. The van der Waals surface area contributed by atoms with Gasteiger partial charge in [0.25, 0.3) is 0 Å². The Kier molecular flexibility index (Phi) is 31.4. The molecule has 0 aliphatic heterocycles. The zero-order valence-corrected chi connectivity index (χ0v) is 31.5. The van der Waals surface area contributed by atoms with Crippen LogP contribution in [0.2, 0.25) is 0 Å². The molecule has 0 radical (unpaired) electrons. The first-order valence-corrected chi connectivity index (χ1v) is 20.5. The lowest BCUT2D eigenvalue weighted by Gasteiger charge is -2.07. The molecule has 48 heavy (non-hydrogen) atoms. The van der Waals surface area contributed by atoms with Gasteiger partial charge in [-0.15, -0.1) is 0 Å². The van der Waals surface area contributed by atoms with E-state index in [4.69, 9.17) is 9.47 Å². The highest BCUT2D eigenvalue weighted by Gasteiger charge is 2.12. The Labute approximate surface area is 296 Å². The normalized spacial score (nSPS) is 11.8. The third-order valence-electron chi connectivity index (χ3n) is 9.24. The first kappa shape index (κ1) is 43.7. The maximum atomic E-state index is 12.9. The number of unbranched alkanes of at least 4 members (excludes halogenated alkanes) is 26. The summed E-state index contributed by atoms with van der Waals surface area (Å²) in [5.74, 6) is -0.948. The molecule has 4 nitrogen and oxygen atoms in total. The molecule has 0 aromatic heterocycles. The topological polar surface area (TPSA) is 52.6 Å².